The van der Waals surface area contributed by atoms with Gasteiger partial charge in [-0.3, -0.25) is 0 Å². The molecule has 1 aliphatic rings. The molecule has 1 aromatic carbocycles. The minimum atomic E-state index is 0.308. The molecule has 2 atom stereocenters. The molecule has 1 aliphatic carbocycles. The highest BCUT2D eigenvalue weighted by Gasteiger charge is 2.20. The van der Waals surface area contributed by atoms with Crippen molar-refractivity contribution in [2.45, 2.75) is 57.0 Å². The van der Waals surface area contributed by atoms with E-state index in [4.69, 9.17) is 11.6 Å². The number of alkyl halides is 1. The molecule has 0 amide bonds. The Morgan fingerprint density at radius 1 is 1.24 bits per heavy atom. The third kappa shape index (κ3) is 4.01. The molecule has 0 heterocycles. The molecule has 1 nitrogen and oxygen atoms in total. The number of halogens is 1. The van der Waals surface area contributed by atoms with Crippen molar-refractivity contribution in [2.24, 2.45) is 0 Å². The Balaban J connectivity index is 1.88. The third-order valence-corrected chi connectivity index (χ3v) is 4.10. The van der Waals surface area contributed by atoms with Crippen molar-refractivity contribution >= 4 is 11.6 Å². The molecule has 0 bridgehead atoms. The van der Waals surface area contributed by atoms with Crippen LogP contribution >= 0.6 is 11.6 Å². The number of rotatable bonds is 3. The quantitative estimate of drug-likeness (QED) is 0.632. The summed E-state index contributed by atoms with van der Waals surface area (Å²) in [5, 5.41) is 3.93. The van der Waals surface area contributed by atoms with E-state index >= 15 is 0 Å². The Kier molecular flexibility index (Phi) is 4.87. The molecular formula is C15H22ClN. The molecule has 0 spiro atoms. The zero-order valence-corrected chi connectivity index (χ0v) is 11.3. The van der Waals surface area contributed by atoms with Crippen LogP contribution in [0.15, 0.2) is 24.3 Å². The van der Waals surface area contributed by atoms with E-state index in [2.05, 4.69) is 36.5 Å². The number of aryl methyl sites for hydroxylation is 1. The van der Waals surface area contributed by atoms with E-state index in [9.17, 15) is 0 Å². The molecule has 94 valence electrons. The largest absolute Gasteiger partial charge is 0.308 e. The van der Waals surface area contributed by atoms with Crippen LogP contribution in [0.4, 0.5) is 0 Å². The molecule has 0 aromatic heterocycles. The van der Waals surface area contributed by atoms with Gasteiger partial charge in [-0.1, -0.05) is 49.1 Å². The van der Waals surface area contributed by atoms with Gasteiger partial charge in [-0.15, -0.1) is 11.6 Å². The maximum absolute atomic E-state index is 6.42. The van der Waals surface area contributed by atoms with Gasteiger partial charge in [0.2, 0.25) is 0 Å². The van der Waals surface area contributed by atoms with Gasteiger partial charge in [0.15, 0.2) is 0 Å². The van der Waals surface area contributed by atoms with Crippen LogP contribution in [0.1, 0.15) is 43.2 Å². The van der Waals surface area contributed by atoms with Crippen molar-refractivity contribution < 1.29 is 0 Å². The molecular weight excluding hydrogens is 230 g/mol. The number of hydrogen-bond donors (Lipinski definition) is 1. The van der Waals surface area contributed by atoms with Crippen LogP contribution in [-0.2, 0) is 6.54 Å². The predicted octanol–water partition coefficient (Wildman–Crippen LogP) is 4.02. The third-order valence-electron chi connectivity index (χ3n) is 3.58. The molecule has 2 rings (SSSR count). The molecule has 1 saturated carbocycles. The number of hydrogen-bond acceptors (Lipinski definition) is 1. The van der Waals surface area contributed by atoms with Gasteiger partial charge in [-0.25, -0.2) is 0 Å². The average Bonchev–Trinajstić information content (AvgIpc) is 2.52. The summed E-state index contributed by atoms with van der Waals surface area (Å²) in [4.78, 5) is 0. The van der Waals surface area contributed by atoms with Gasteiger partial charge < -0.3 is 5.32 Å². The predicted molar refractivity (Wildman–Crippen MR) is 74.5 cm³/mol. The van der Waals surface area contributed by atoms with E-state index in [0.717, 1.165) is 13.0 Å². The maximum Gasteiger partial charge on any atom is 0.0489 e. The van der Waals surface area contributed by atoms with Gasteiger partial charge in [0.05, 0.1) is 0 Å². The standard InChI is InChI=1S/C15H22ClN/c1-12-6-5-7-13(10-12)11-17-15-9-4-2-3-8-14(15)16/h5-7,10,14-15,17H,2-4,8-9,11H2,1H3. The summed E-state index contributed by atoms with van der Waals surface area (Å²) < 4.78 is 0. The fraction of sp³-hybridized carbons (Fsp3) is 0.600. The fourth-order valence-electron chi connectivity index (χ4n) is 2.56. The van der Waals surface area contributed by atoms with E-state index in [0.29, 0.717) is 11.4 Å². The number of nitrogens with one attached hydrogen (secondary N) is 1. The minimum Gasteiger partial charge on any atom is -0.308 e. The summed E-state index contributed by atoms with van der Waals surface area (Å²) in [6.07, 6.45) is 6.32. The zero-order valence-electron chi connectivity index (χ0n) is 10.6. The van der Waals surface area contributed by atoms with Crippen LogP contribution in [0.2, 0.25) is 0 Å². The first kappa shape index (κ1) is 12.9. The molecule has 0 aliphatic heterocycles. The minimum absolute atomic E-state index is 0.308. The van der Waals surface area contributed by atoms with Gasteiger partial charge in [-0.05, 0) is 25.3 Å². The van der Waals surface area contributed by atoms with Gasteiger partial charge in [0.1, 0.15) is 0 Å². The highest BCUT2D eigenvalue weighted by molar-refractivity contribution is 6.21. The van der Waals surface area contributed by atoms with Gasteiger partial charge in [0, 0.05) is 18.0 Å². The van der Waals surface area contributed by atoms with E-state index in [1.807, 2.05) is 0 Å². The summed E-state index contributed by atoms with van der Waals surface area (Å²) in [6, 6.07) is 9.17. The smallest absolute Gasteiger partial charge is 0.0489 e. The van der Waals surface area contributed by atoms with E-state index in [1.54, 1.807) is 0 Å². The normalized spacial score (nSPS) is 25.5. The van der Waals surface area contributed by atoms with E-state index in [1.165, 1.54) is 36.8 Å². The van der Waals surface area contributed by atoms with E-state index in [-0.39, 0.29) is 0 Å². The molecule has 17 heavy (non-hydrogen) atoms. The van der Waals surface area contributed by atoms with Crippen molar-refractivity contribution in [1.29, 1.82) is 0 Å². The molecule has 2 heteroatoms. The SMILES string of the molecule is Cc1cccc(CNC2CCCCCC2Cl)c1. The number of benzene rings is 1. The lowest BCUT2D eigenvalue weighted by Gasteiger charge is -2.21. The van der Waals surface area contributed by atoms with Gasteiger partial charge in [-0.2, -0.15) is 0 Å². The Morgan fingerprint density at radius 2 is 2.06 bits per heavy atom. The fourth-order valence-corrected chi connectivity index (χ4v) is 2.93. The summed E-state index contributed by atoms with van der Waals surface area (Å²) in [7, 11) is 0. The van der Waals surface area contributed by atoms with Crippen molar-refractivity contribution in [3.63, 3.8) is 0 Å². The average molecular weight is 252 g/mol. The molecule has 0 saturated heterocycles. The Hall–Kier alpha value is -0.530. The van der Waals surface area contributed by atoms with Crippen LogP contribution in [-0.4, -0.2) is 11.4 Å². The maximum atomic E-state index is 6.42. The lowest BCUT2D eigenvalue weighted by atomic mass is 10.1. The summed E-state index contributed by atoms with van der Waals surface area (Å²) >= 11 is 6.42. The van der Waals surface area contributed by atoms with E-state index < -0.39 is 0 Å². The molecule has 2 unspecified atom stereocenters. The summed E-state index contributed by atoms with van der Waals surface area (Å²) in [5.74, 6) is 0. The van der Waals surface area contributed by atoms with Crippen LogP contribution in [0.3, 0.4) is 0 Å². The second kappa shape index (κ2) is 6.42. The van der Waals surface area contributed by atoms with Crippen LogP contribution in [0.25, 0.3) is 0 Å². The monoisotopic (exact) mass is 251 g/mol. The Bertz CT molecular complexity index is 351. The second-order valence-corrected chi connectivity index (χ2v) is 5.69. The van der Waals surface area contributed by atoms with Crippen molar-refractivity contribution in [2.75, 3.05) is 0 Å². The van der Waals surface area contributed by atoms with Crippen molar-refractivity contribution in [3.05, 3.63) is 35.4 Å². The molecule has 0 radical (unpaired) electrons. The first-order valence-corrected chi connectivity index (χ1v) is 7.12. The second-order valence-electron chi connectivity index (χ2n) is 5.13. The zero-order chi connectivity index (χ0) is 12.1. The molecule has 1 aromatic rings. The molecule has 1 N–H and O–H groups in total. The lowest BCUT2D eigenvalue weighted by molar-refractivity contribution is 0.464. The topological polar surface area (TPSA) is 12.0 Å². The van der Waals surface area contributed by atoms with Crippen LogP contribution < -0.4 is 5.32 Å². The highest BCUT2D eigenvalue weighted by atomic mass is 35.5. The summed E-state index contributed by atoms with van der Waals surface area (Å²) in [5.41, 5.74) is 2.69. The summed E-state index contributed by atoms with van der Waals surface area (Å²) in [6.45, 7) is 3.08. The first-order chi connectivity index (χ1) is 8.25. The van der Waals surface area contributed by atoms with Crippen LogP contribution in [0.5, 0.6) is 0 Å². The van der Waals surface area contributed by atoms with Gasteiger partial charge >= 0.3 is 0 Å². The van der Waals surface area contributed by atoms with Crippen molar-refractivity contribution in [3.8, 4) is 0 Å². The Labute approximate surface area is 110 Å². The first-order valence-electron chi connectivity index (χ1n) is 6.69. The van der Waals surface area contributed by atoms with Crippen molar-refractivity contribution in [1.82, 2.24) is 5.32 Å². The lowest BCUT2D eigenvalue weighted by Crippen LogP contribution is -2.35. The highest BCUT2D eigenvalue weighted by Crippen LogP contribution is 2.22. The molecule has 1 fully saturated rings. The van der Waals surface area contributed by atoms with Crippen LogP contribution in [0, 0.1) is 6.92 Å². The Morgan fingerprint density at radius 3 is 2.88 bits per heavy atom. The van der Waals surface area contributed by atoms with Gasteiger partial charge in [0.25, 0.3) is 0 Å².